The Balaban J connectivity index is 1.68. The van der Waals surface area contributed by atoms with E-state index >= 15 is 0 Å². The van der Waals surface area contributed by atoms with Gasteiger partial charge in [0.2, 0.25) is 0 Å². The number of carbonyl (C=O) groups is 1. The van der Waals surface area contributed by atoms with Crippen LogP contribution in [0.3, 0.4) is 0 Å². The zero-order valence-corrected chi connectivity index (χ0v) is 16.4. The molecule has 1 amide bonds. The number of nitrogens with zero attached hydrogens (tertiary/aromatic N) is 2. The summed E-state index contributed by atoms with van der Waals surface area (Å²) in [5, 5.41) is 17.5. The summed E-state index contributed by atoms with van der Waals surface area (Å²) in [7, 11) is 1.62. The van der Waals surface area contributed by atoms with Gasteiger partial charge in [0, 0.05) is 17.8 Å². The van der Waals surface area contributed by atoms with Crippen LogP contribution in [0.1, 0.15) is 36.0 Å². The van der Waals surface area contributed by atoms with Crippen LogP contribution in [0.4, 0.5) is 0 Å². The smallest absolute Gasteiger partial charge is 0.255 e. The van der Waals surface area contributed by atoms with Gasteiger partial charge in [-0.25, -0.2) is 4.68 Å². The van der Waals surface area contributed by atoms with E-state index in [1.807, 2.05) is 54.6 Å². The van der Waals surface area contributed by atoms with Crippen molar-refractivity contribution in [3.05, 3.63) is 66.4 Å². The van der Waals surface area contributed by atoms with Crippen molar-refractivity contribution < 1.29 is 14.6 Å². The normalized spacial score (nSPS) is 19.0. The van der Waals surface area contributed by atoms with E-state index < -0.39 is 0 Å². The maximum Gasteiger partial charge on any atom is 0.255 e. The van der Waals surface area contributed by atoms with Gasteiger partial charge in [0.1, 0.15) is 11.4 Å². The molecule has 1 aliphatic carbocycles. The summed E-state index contributed by atoms with van der Waals surface area (Å²) in [5.74, 6) is 0.566. The van der Waals surface area contributed by atoms with E-state index in [9.17, 15) is 9.90 Å². The van der Waals surface area contributed by atoms with Gasteiger partial charge < -0.3 is 15.2 Å². The molecule has 0 spiro atoms. The van der Waals surface area contributed by atoms with E-state index in [1.54, 1.807) is 18.0 Å². The highest BCUT2D eigenvalue weighted by Gasteiger charge is 2.24. The first-order valence-electron chi connectivity index (χ1n) is 9.92. The summed E-state index contributed by atoms with van der Waals surface area (Å²) in [6.45, 7) is 0. The number of aliphatic hydroxyl groups is 1. The van der Waals surface area contributed by atoms with Crippen molar-refractivity contribution in [3.8, 4) is 22.7 Å². The number of amides is 1. The van der Waals surface area contributed by atoms with Crippen LogP contribution >= 0.6 is 0 Å². The van der Waals surface area contributed by atoms with Gasteiger partial charge in [0.25, 0.3) is 5.91 Å². The van der Waals surface area contributed by atoms with Gasteiger partial charge in [-0.3, -0.25) is 4.79 Å². The number of benzene rings is 2. The first-order valence-corrected chi connectivity index (χ1v) is 9.92. The minimum Gasteiger partial charge on any atom is -0.497 e. The second kappa shape index (κ2) is 8.49. The molecule has 0 atom stereocenters. The molecule has 0 saturated heterocycles. The van der Waals surface area contributed by atoms with Crippen LogP contribution in [0.15, 0.2) is 60.8 Å². The van der Waals surface area contributed by atoms with Crippen LogP contribution in [0.25, 0.3) is 16.9 Å². The van der Waals surface area contributed by atoms with Gasteiger partial charge in [0.05, 0.1) is 24.5 Å². The van der Waals surface area contributed by atoms with Crippen LogP contribution in [-0.4, -0.2) is 40.0 Å². The van der Waals surface area contributed by atoms with E-state index in [-0.39, 0.29) is 18.1 Å². The summed E-state index contributed by atoms with van der Waals surface area (Å²) in [5.41, 5.74) is 2.84. The Bertz CT molecular complexity index is 976. The molecule has 2 N–H and O–H groups in total. The average molecular weight is 391 g/mol. The molecule has 6 heteroatoms. The molecule has 0 radical (unpaired) electrons. The standard InChI is InChI=1S/C23H25N3O3/c1-29-20-9-5-6-16(14-20)22-21(15-26(25-22)18-7-3-2-4-8-18)23(28)24-17-10-12-19(27)13-11-17/h2-9,14-15,17,19,27H,10-13H2,1H3,(H,24,28). The molecule has 0 aliphatic heterocycles. The van der Waals surface area contributed by atoms with Gasteiger partial charge >= 0.3 is 0 Å². The SMILES string of the molecule is COc1cccc(-c2nn(-c3ccccc3)cc2C(=O)NC2CCC(O)CC2)c1. The number of aliphatic hydroxyl groups excluding tert-OH is 1. The van der Waals surface area contributed by atoms with Crippen molar-refractivity contribution in [2.75, 3.05) is 7.11 Å². The fourth-order valence-corrected chi connectivity index (χ4v) is 3.72. The predicted octanol–water partition coefficient (Wildman–Crippen LogP) is 3.58. The molecule has 29 heavy (non-hydrogen) atoms. The number of carbonyl (C=O) groups excluding carboxylic acids is 1. The second-order valence-electron chi connectivity index (χ2n) is 7.38. The third kappa shape index (κ3) is 4.32. The second-order valence-corrected chi connectivity index (χ2v) is 7.38. The number of para-hydroxylation sites is 1. The first-order chi connectivity index (χ1) is 14.1. The van der Waals surface area contributed by atoms with Gasteiger partial charge in [-0.2, -0.15) is 5.10 Å². The van der Waals surface area contributed by atoms with Crippen molar-refractivity contribution in [1.29, 1.82) is 0 Å². The van der Waals surface area contributed by atoms with Gasteiger partial charge in [-0.05, 0) is 49.9 Å². The molecule has 1 aromatic heterocycles. The Hall–Kier alpha value is -3.12. The van der Waals surface area contributed by atoms with Crippen molar-refractivity contribution in [2.45, 2.75) is 37.8 Å². The molecule has 6 nitrogen and oxygen atoms in total. The first kappa shape index (κ1) is 19.2. The van der Waals surface area contributed by atoms with Crippen LogP contribution in [0.2, 0.25) is 0 Å². The minimum absolute atomic E-state index is 0.0733. The van der Waals surface area contributed by atoms with Crippen LogP contribution < -0.4 is 10.1 Å². The van der Waals surface area contributed by atoms with E-state index in [1.165, 1.54) is 0 Å². The molecule has 0 bridgehead atoms. The van der Waals surface area contributed by atoms with Gasteiger partial charge in [0.15, 0.2) is 0 Å². The van der Waals surface area contributed by atoms with Gasteiger partial charge in [-0.1, -0.05) is 30.3 Å². The molecule has 1 saturated carbocycles. The fourth-order valence-electron chi connectivity index (χ4n) is 3.72. The lowest BCUT2D eigenvalue weighted by atomic mass is 9.93. The lowest BCUT2D eigenvalue weighted by molar-refractivity contribution is 0.0868. The van der Waals surface area contributed by atoms with Gasteiger partial charge in [-0.15, -0.1) is 0 Å². The maximum absolute atomic E-state index is 13.1. The fraction of sp³-hybridized carbons (Fsp3) is 0.304. The van der Waals surface area contributed by atoms with E-state index in [0.717, 1.165) is 36.9 Å². The number of hydrogen-bond acceptors (Lipinski definition) is 4. The number of rotatable bonds is 5. The molecule has 150 valence electrons. The summed E-state index contributed by atoms with van der Waals surface area (Å²) >= 11 is 0. The highest BCUT2D eigenvalue weighted by atomic mass is 16.5. The molecular formula is C23H25N3O3. The Morgan fingerprint density at radius 1 is 1.10 bits per heavy atom. The lowest BCUT2D eigenvalue weighted by Gasteiger charge is -2.26. The Labute approximate surface area is 170 Å². The zero-order chi connectivity index (χ0) is 20.2. The van der Waals surface area contributed by atoms with E-state index in [0.29, 0.717) is 17.0 Å². The molecule has 1 aliphatic rings. The Kier molecular flexibility index (Phi) is 5.62. The van der Waals surface area contributed by atoms with Crippen molar-refractivity contribution in [3.63, 3.8) is 0 Å². The largest absolute Gasteiger partial charge is 0.497 e. The molecular weight excluding hydrogens is 366 g/mol. The third-order valence-electron chi connectivity index (χ3n) is 5.35. The number of aromatic nitrogens is 2. The number of hydrogen-bond donors (Lipinski definition) is 2. The average Bonchev–Trinajstić information content (AvgIpc) is 3.22. The third-order valence-corrected chi connectivity index (χ3v) is 5.35. The Morgan fingerprint density at radius 3 is 2.59 bits per heavy atom. The maximum atomic E-state index is 13.1. The number of ether oxygens (including phenoxy) is 1. The highest BCUT2D eigenvalue weighted by Crippen LogP contribution is 2.27. The van der Waals surface area contributed by atoms with E-state index in [2.05, 4.69) is 5.32 Å². The summed E-state index contributed by atoms with van der Waals surface area (Å²) < 4.78 is 7.07. The summed E-state index contributed by atoms with van der Waals surface area (Å²) in [4.78, 5) is 13.1. The monoisotopic (exact) mass is 391 g/mol. The quantitative estimate of drug-likeness (QED) is 0.697. The molecule has 1 heterocycles. The highest BCUT2D eigenvalue weighted by molar-refractivity contribution is 6.00. The number of methoxy groups -OCH3 is 1. The molecule has 4 rings (SSSR count). The van der Waals surface area contributed by atoms with Crippen molar-refractivity contribution in [2.24, 2.45) is 0 Å². The number of nitrogens with one attached hydrogen (secondary N) is 1. The minimum atomic E-state index is -0.253. The summed E-state index contributed by atoms with van der Waals surface area (Å²) in [6, 6.07) is 17.4. The predicted molar refractivity (Wildman–Crippen MR) is 111 cm³/mol. The van der Waals surface area contributed by atoms with Crippen molar-refractivity contribution in [1.82, 2.24) is 15.1 Å². The van der Waals surface area contributed by atoms with E-state index in [4.69, 9.17) is 9.84 Å². The van der Waals surface area contributed by atoms with Crippen molar-refractivity contribution >= 4 is 5.91 Å². The van der Waals surface area contributed by atoms with Crippen LogP contribution in [-0.2, 0) is 0 Å². The zero-order valence-electron chi connectivity index (χ0n) is 16.4. The molecule has 3 aromatic rings. The Morgan fingerprint density at radius 2 is 1.86 bits per heavy atom. The van der Waals surface area contributed by atoms with Crippen LogP contribution in [0.5, 0.6) is 5.75 Å². The molecule has 0 unspecified atom stereocenters. The molecule has 1 fully saturated rings. The summed E-state index contributed by atoms with van der Waals surface area (Å²) in [6.07, 6.45) is 4.53. The molecule has 2 aromatic carbocycles. The lowest BCUT2D eigenvalue weighted by Crippen LogP contribution is -2.38. The topological polar surface area (TPSA) is 76.4 Å². The van der Waals surface area contributed by atoms with Crippen LogP contribution in [0, 0.1) is 0 Å².